The molecule has 24 heteroatoms. The van der Waals surface area contributed by atoms with Crippen LogP contribution in [-0.4, -0.2) is 217 Å². The minimum atomic E-state index is -2.29. The van der Waals surface area contributed by atoms with Crippen molar-refractivity contribution >= 4 is 23.9 Å². The summed E-state index contributed by atoms with van der Waals surface area (Å²) >= 11 is 0. The number of hydrogen-bond donors (Lipinski definition) is 15. The van der Waals surface area contributed by atoms with Crippen LogP contribution >= 0.6 is 0 Å². The maximum Gasteiger partial charge on any atom is 0.316 e. The largest absolute Gasteiger partial charge is 0.481 e. The Morgan fingerprint density at radius 2 is 0.896 bits per heavy atom. The van der Waals surface area contributed by atoms with E-state index in [-0.39, 0.29) is 55.8 Å². The number of aliphatic carboxylic acids is 1. The van der Waals surface area contributed by atoms with Crippen molar-refractivity contribution in [3.63, 3.8) is 0 Å². The maximum atomic E-state index is 15.9. The Hall–Kier alpha value is -3.28. The van der Waals surface area contributed by atoms with Crippen molar-refractivity contribution in [3.05, 3.63) is 23.3 Å². The predicted octanol–water partition coefficient (Wildman–Crippen LogP) is 2.45. The third-order valence-corrected chi connectivity index (χ3v) is 31.4. The van der Waals surface area contributed by atoms with Gasteiger partial charge in [0.25, 0.3) is 0 Å². The first-order valence-electron chi connectivity index (χ1n) is 35.6. The van der Waals surface area contributed by atoms with Gasteiger partial charge in [0.15, 0.2) is 0 Å². The lowest BCUT2D eigenvalue weighted by atomic mass is 9.32. The summed E-state index contributed by atoms with van der Waals surface area (Å²) in [5.74, 6) is -8.56. The topological polar surface area (TPSA) is 418 Å². The van der Waals surface area contributed by atoms with Gasteiger partial charge in [-0.1, -0.05) is 78.7 Å². The van der Waals surface area contributed by atoms with E-state index < -0.39 is 219 Å². The van der Waals surface area contributed by atoms with Gasteiger partial charge in [-0.15, -0.1) is 0 Å². The van der Waals surface area contributed by atoms with Crippen LogP contribution in [0.2, 0.25) is 0 Å². The zero-order valence-corrected chi connectivity index (χ0v) is 57.7. The third kappa shape index (κ3) is 9.33. The van der Waals surface area contributed by atoms with Crippen molar-refractivity contribution in [1.29, 1.82) is 0 Å². The number of carbonyl (C=O) groups excluding carboxylic acids is 3. The lowest BCUT2D eigenvalue weighted by molar-refractivity contribution is -0.299. The smallest absolute Gasteiger partial charge is 0.316 e. The Morgan fingerprint density at radius 3 is 1.30 bits per heavy atom. The summed E-state index contributed by atoms with van der Waals surface area (Å²) < 4.78 is 29.9. The number of fused-ring (bicyclic) bond motifs is 14. The van der Waals surface area contributed by atoms with Gasteiger partial charge in [-0.05, 0) is 192 Å². The summed E-state index contributed by atoms with van der Waals surface area (Å²) in [4.78, 5) is 60.4. The van der Waals surface area contributed by atoms with Crippen LogP contribution in [0.3, 0.4) is 0 Å². The van der Waals surface area contributed by atoms with Crippen molar-refractivity contribution in [2.75, 3.05) is 19.8 Å². The number of aliphatic hydroxyl groups excluding tert-OH is 12. The third-order valence-electron chi connectivity index (χ3n) is 31.4. The molecule has 0 aromatic heterocycles. The van der Waals surface area contributed by atoms with Gasteiger partial charge < -0.3 is 100 Å². The number of ether oxygens (including phenoxy) is 5. The number of carboxylic acids is 1. The van der Waals surface area contributed by atoms with E-state index >= 15 is 14.4 Å². The first-order valence-corrected chi connectivity index (χ1v) is 35.6. The Kier molecular flexibility index (Phi) is 17.8. The van der Waals surface area contributed by atoms with E-state index in [4.69, 9.17) is 23.7 Å². The average molecular weight is 1360 g/mol. The van der Waals surface area contributed by atoms with Gasteiger partial charge >= 0.3 is 23.9 Å². The summed E-state index contributed by atoms with van der Waals surface area (Å²) in [6.07, 6.45) is -14.6. The molecule has 8 saturated carbocycles. The summed E-state index contributed by atoms with van der Waals surface area (Å²) in [5.41, 5.74) is -13.0. The SMILES string of the molecule is C[C@H]1CC[C@@]2(C(=O)O[C@H]3O[C@@H](CO)[C@H](O)[C@@H](O)[C@@H]3O)CC[C@@]3(C)C(=CCC4[C@]5(C)C[C@H](O)[C@@H](O)[C@](C)(C(=O)O[C@@H]6[C@@H](O)C[C@]7(C)C(CC[C@@]8(C)C7CC=C7[C@@H]9[C@@](C(=O)O[C@H]%10O[C@@H](CO)[C@H](O)[C@@H](O)[C@@H]%10O)(CC[C@H](C)[C@]9(C)O)CC[C@@]78C)[C@]6(CO)C(=O)O)C5CC[C@@]43C)[C@H]2[C@@]1(C)O. The van der Waals surface area contributed by atoms with Gasteiger partial charge in [0.05, 0.1) is 65.6 Å². The second-order valence-corrected chi connectivity index (χ2v) is 34.9. The molecule has 0 aromatic carbocycles. The highest BCUT2D eigenvalue weighted by Gasteiger charge is 2.78. The number of allylic oxidation sites excluding steroid dienone is 2. The fourth-order valence-corrected chi connectivity index (χ4v) is 25.1. The molecule has 24 nitrogen and oxygen atoms in total. The quantitative estimate of drug-likeness (QED) is 0.0848. The Bertz CT molecular complexity index is 3130. The molecule has 96 heavy (non-hydrogen) atoms. The molecule has 4 unspecified atom stereocenters. The van der Waals surface area contributed by atoms with Gasteiger partial charge in [0.2, 0.25) is 12.6 Å². The molecular formula is C72H110O24. The van der Waals surface area contributed by atoms with Crippen molar-refractivity contribution < 1.29 is 119 Å². The summed E-state index contributed by atoms with van der Waals surface area (Å²) in [5, 5.41) is 171. The van der Waals surface area contributed by atoms with Gasteiger partial charge in [-0.25, -0.2) is 0 Å². The molecule has 0 radical (unpaired) electrons. The van der Waals surface area contributed by atoms with Crippen molar-refractivity contribution in [2.45, 2.75) is 276 Å². The summed E-state index contributed by atoms with van der Waals surface area (Å²) in [7, 11) is 0. The van der Waals surface area contributed by atoms with Gasteiger partial charge in [-0.3, -0.25) is 19.2 Å². The second-order valence-electron chi connectivity index (χ2n) is 34.9. The number of carbonyl (C=O) groups is 4. The number of aliphatic hydroxyl groups is 14. The van der Waals surface area contributed by atoms with Gasteiger partial charge in [0, 0.05) is 11.8 Å². The van der Waals surface area contributed by atoms with Gasteiger partial charge in [0.1, 0.15) is 60.4 Å². The van der Waals surface area contributed by atoms with Crippen molar-refractivity contribution in [1.82, 2.24) is 0 Å². The molecule has 34 atom stereocenters. The highest BCUT2D eigenvalue weighted by Crippen LogP contribution is 2.79. The number of carboxylic acid groups (broad SMARTS) is 1. The second kappa shape index (κ2) is 23.6. The van der Waals surface area contributed by atoms with Gasteiger partial charge in [-0.2, -0.15) is 0 Å². The predicted molar refractivity (Wildman–Crippen MR) is 337 cm³/mol. The molecule has 12 aliphatic rings. The molecule has 15 N–H and O–H groups in total. The fourth-order valence-electron chi connectivity index (χ4n) is 25.1. The standard InChI is InChI=1S/C72H110O24/c1-33-16-22-70(59(88)95-55-49(82)47(80)45(78)39(30-73)92-55)26-24-63(5)35(51(70)68(33,10)90)12-14-41-61(3)28-37(76)53(84)67(9,43(61)18-20-65(41,63)7)58(87)94-54-38(77)29-62(4)42-15-13-36-52-69(11,91)34(2)17-23-71(52,60(89)96-56-50(83)48(81)46(79)40(31-74)93-56)27-25-64(36,6)66(42,8)21-19-44(62)72(54,32-75)57(85)86/h12-13,33-34,37-56,73-84,90-91H,14-32H2,1-11H3,(H,85,86)/t33-,34-,37-,38-,39-,40-,41?,42?,43?,44?,45-,46-,47+,48+,49-,50-,51-,52-,53+,54+,55+,56+,61-,62-,63-,64-,65-,66-,67+,68-,69-,70+,71+,72-/m0/s1. The molecule has 0 amide bonds. The first-order chi connectivity index (χ1) is 44.6. The number of esters is 3. The molecule has 12 rings (SSSR count). The first kappa shape index (κ1) is 72.5. The van der Waals surface area contributed by atoms with Crippen LogP contribution < -0.4 is 0 Å². The van der Waals surface area contributed by atoms with Crippen LogP contribution in [0.5, 0.6) is 0 Å². The highest BCUT2D eigenvalue weighted by molar-refractivity contribution is 5.82. The van der Waals surface area contributed by atoms with Crippen LogP contribution in [0.1, 0.15) is 179 Å². The van der Waals surface area contributed by atoms with E-state index in [9.17, 15) is 81.4 Å². The van der Waals surface area contributed by atoms with Crippen LogP contribution in [0.25, 0.3) is 0 Å². The van der Waals surface area contributed by atoms with E-state index in [1.54, 1.807) is 20.8 Å². The monoisotopic (exact) mass is 1360 g/mol. The zero-order valence-electron chi connectivity index (χ0n) is 57.7. The van der Waals surface area contributed by atoms with E-state index in [1.807, 2.05) is 33.8 Å². The summed E-state index contributed by atoms with van der Waals surface area (Å²) in [6, 6.07) is 0. The Balaban J connectivity index is 0.835. The van der Waals surface area contributed by atoms with Crippen molar-refractivity contribution in [3.8, 4) is 0 Å². The normalized spacial score (nSPS) is 56.6. The van der Waals surface area contributed by atoms with E-state index in [1.165, 1.54) is 0 Å². The van der Waals surface area contributed by atoms with Crippen molar-refractivity contribution in [2.24, 2.45) is 101 Å². The van der Waals surface area contributed by atoms with E-state index in [0.717, 1.165) is 11.1 Å². The van der Waals surface area contributed by atoms with Crippen LogP contribution in [0.4, 0.5) is 0 Å². The minimum Gasteiger partial charge on any atom is -0.481 e. The average Bonchev–Trinajstić information content (AvgIpc) is 0.672. The lowest BCUT2D eigenvalue weighted by Gasteiger charge is -2.72. The zero-order chi connectivity index (χ0) is 70.6. The number of rotatable bonds is 10. The van der Waals surface area contributed by atoms with Crippen LogP contribution in [0, 0.1) is 101 Å². The van der Waals surface area contributed by atoms with Crippen LogP contribution in [0.15, 0.2) is 23.3 Å². The molecule has 2 saturated heterocycles. The van der Waals surface area contributed by atoms with E-state index in [0.29, 0.717) is 70.6 Å². The molecular weight excluding hydrogens is 1250 g/mol. The molecule has 542 valence electrons. The Labute approximate surface area is 561 Å². The molecule has 0 spiro atoms. The van der Waals surface area contributed by atoms with E-state index in [2.05, 4.69) is 33.8 Å². The molecule has 0 bridgehead atoms. The van der Waals surface area contributed by atoms with Crippen LogP contribution in [-0.2, 0) is 42.9 Å². The maximum absolute atomic E-state index is 15.9. The molecule has 0 aromatic rings. The molecule has 10 fully saturated rings. The fraction of sp³-hybridized carbons (Fsp3) is 0.889. The minimum absolute atomic E-state index is 0.0617. The Morgan fingerprint density at radius 1 is 0.490 bits per heavy atom. The highest BCUT2D eigenvalue weighted by atomic mass is 16.7. The molecule has 2 aliphatic heterocycles. The lowest BCUT2D eigenvalue weighted by Crippen LogP contribution is -2.73. The molecule has 2 heterocycles. The molecule has 10 aliphatic carbocycles. The summed E-state index contributed by atoms with van der Waals surface area (Å²) in [6.45, 7) is 18.9. The number of hydrogen-bond acceptors (Lipinski definition) is 23.